The molecule has 0 spiro atoms. The van der Waals surface area contributed by atoms with Crippen LogP contribution in [0.4, 0.5) is 9.18 Å². The lowest BCUT2D eigenvalue weighted by Crippen LogP contribution is -2.40. The molecule has 2 amide bonds. The predicted molar refractivity (Wildman–Crippen MR) is 81.8 cm³/mol. The molecule has 0 saturated heterocycles. The van der Waals surface area contributed by atoms with Gasteiger partial charge >= 0.3 is 6.09 Å². The summed E-state index contributed by atoms with van der Waals surface area (Å²) in [4.78, 5) is 23.3. The van der Waals surface area contributed by atoms with Gasteiger partial charge in [-0.05, 0) is 44.9 Å². The summed E-state index contributed by atoms with van der Waals surface area (Å²) in [6.07, 6.45) is 0.0153. The fourth-order valence-corrected chi connectivity index (χ4v) is 1.83. The Morgan fingerprint density at radius 3 is 2.32 bits per heavy atom. The van der Waals surface area contributed by atoms with Crippen molar-refractivity contribution in [3.05, 3.63) is 35.6 Å². The third kappa shape index (κ3) is 6.56. The molecule has 5 nitrogen and oxygen atoms in total. The summed E-state index contributed by atoms with van der Waals surface area (Å²) >= 11 is 0. The molecule has 22 heavy (non-hydrogen) atoms. The minimum atomic E-state index is -0.641. The summed E-state index contributed by atoms with van der Waals surface area (Å²) in [5.41, 5.74) is 0.204. The molecule has 0 aliphatic rings. The molecule has 0 unspecified atom stereocenters. The van der Waals surface area contributed by atoms with E-state index in [0.29, 0.717) is 6.42 Å². The van der Waals surface area contributed by atoms with E-state index in [2.05, 4.69) is 10.6 Å². The molecule has 0 saturated carbocycles. The van der Waals surface area contributed by atoms with E-state index < -0.39 is 11.7 Å². The SMILES string of the molecule is CC[C@H](NC(=O)CNC(=O)OC(C)(C)C)c1ccc(F)cc1. The summed E-state index contributed by atoms with van der Waals surface area (Å²) in [7, 11) is 0. The standard InChI is InChI=1S/C16H23FN2O3/c1-5-13(11-6-8-12(17)9-7-11)19-14(20)10-18-15(21)22-16(2,3)4/h6-9,13H,5,10H2,1-4H3,(H,18,21)(H,19,20)/t13-/m0/s1. The first-order chi connectivity index (χ1) is 10.2. The third-order valence-electron chi connectivity index (χ3n) is 2.81. The number of ether oxygens (including phenoxy) is 1. The second-order valence-electron chi connectivity index (χ2n) is 5.94. The van der Waals surface area contributed by atoms with E-state index in [1.54, 1.807) is 32.9 Å². The van der Waals surface area contributed by atoms with Crippen molar-refractivity contribution < 1.29 is 18.7 Å². The Morgan fingerprint density at radius 2 is 1.82 bits per heavy atom. The summed E-state index contributed by atoms with van der Waals surface area (Å²) in [6.45, 7) is 6.97. The molecule has 1 aromatic rings. The molecule has 0 fully saturated rings. The van der Waals surface area contributed by atoms with Gasteiger partial charge in [-0.3, -0.25) is 4.79 Å². The number of amides is 2. The van der Waals surface area contributed by atoms with Crippen molar-refractivity contribution in [3.63, 3.8) is 0 Å². The normalized spacial score (nSPS) is 12.4. The Hall–Kier alpha value is -2.11. The van der Waals surface area contributed by atoms with Crippen LogP contribution in [-0.4, -0.2) is 24.1 Å². The second-order valence-corrected chi connectivity index (χ2v) is 5.94. The van der Waals surface area contributed by atoms with Gasteiger partial charge in [0.05, 0.1) is 6.04 Å². The van der Waals surface area contributed by atoms with Crippen molar-refractivity contribution in [1.82, 2.24) is 10.6 Å². The highest BCUT2D eigenvalue weighted by atomic mass is 19.1. The molecular weight excluding hydrogens is 287 g/mol. The van der Waals surface area contributed by atoms with Crippen LogP contribution in [0.5, 0.6) is 0 Å². The lowest BCUT2D eigenvalue weighted by molar-refractivity contribution is -0.121. The number of benzene rings is 1. The monoisotopic (exact) mass is 310 g/mol. The summed E-state index contributed by atoms with van der Waals surface area (Å²) in [5, 5.41) is 5.18. The van der Waals surface area contributed by atoms with E-state index in [1.165, 1.54) is 12.1 Å². The van der Waals surface area contributed by atoms with Gasteiger partial charge in [0, 0.05) is 0 Å². The summed E-state index contributed by atoms with van der Waals surface area (Å²) in [6, 6.07) is 5.73. The highest BCUT2D eigenvalue weighted by Gasteiger charge is 2.17. The Balaban J connectivity index is 2.49. The Bertz CT molecular complexity index is 509. The molecule has 1 aromatic carbocycles. The minimum Gasteiger partial charge on any atom is -0.444 e. The van der Waals surface area contributed by atoms with Gasteiger partial charge in [0.2, 0.25) is 5.91 Å². The highest BCUT2D eigenvalue weighted by Crippen LogP contribution is 2.16. The molecule has 0 aliphatic heterocycles. The number of nitrogens with one attached hydrogen (secondary N) is 2. The van der Waals surface area contributed by atoms with Crippen LogP contribution in [0.2, 0.25) is 0 Å². The average molecular weight is 310 g/mol. The Kier molecular flexibility index (Phi) is 6.34. The third-order valence-corrected chi connectivity index (χ3v) is 2.81. The summed E-state index contributed by atoms with van der Waals surface area (Å²) in [5.74, 6) is -0.654. The quantitative estimate of drug-likeness (QED) is 0.878. The number of alkyl carbamates (subject to hydrolysis) is 1. The number of carbonyl (C=O) groups is 2. The van der Waals surface area contributed by atoms with Gasteiger partial charge in [-0.15, -0.1) is 0 Å². The van der Waals surface area contributed by atoms with Crippen LogP contribution in [0.15, 0.2) is 24.3 Å². The van der Waals surface area contributed by atoms with Gasteiger partial charge < -0.3 is 15.4 Å². The first-order valence-corrected chi connectivity index (χ1v) is 7.23. The zero-order valence-corrected chi connectivity index (χ0v) is 13.4. The smallest absolute Gasteiger partial charge is 0.408 e. The maximum atomic E-state index is 12.9. The van der Waals surface area contributed by atoms with Gasteiger partial charge in [0.1, 0.15) is 18.0 Å². The maximum Gasteiger partial charge on any atom is 0.408 e. The van der Waals surface area contributed by atoms with E-state index in [1.807, 2.05) is 6.92 Å². The number of hydrogen-bond acceptors (Lipinski definition) is 3. The highest BCUT2D eigenvalue weighted by molar-refractivity contribution is 5.82. The molecule has 1 atom stereocenters. The lowest BCUT2D eigenvalue weighted by Gasteiger charge is -2.20. The molecule has 122 valence electrons. The van der Waals surface area contributed by atoms with Crippen LogP contribution >= 0.6 is 0 Å². The van der Waals surface area contributed by atoms with Crippen LogP contribution in [0.3, 0.4) is 0 Å². The minimum absolute atomic E-state index is 0.174. The first kappa shape index (κ1) is 17.9. The fraction of sp³-hybridized carbons (Fsp3) is 0.500. The van der Waals surface area contributed by atoms with Crippen molar-refractivity contribution in [2.24, 2.45) is 0 Å². The zero-order valence-electron chi connectivity index (χ0n) is 13.4. The van der Waals surface area contributed by atoms with Crippen molar-refractivity contribution in [3.8, 4) is 0 Å². The van der Waals surface area contributed by atoms with Crippen LogP contribution in [0.25, 0.3) is 0 Å². The molecule has 0 bridgehead atoms. The molecular formula is C16H23FN2O3. The molecule has 6 heteroatoms. The Morgan fingerprint density at radius 1 is 1.23 bits per heavy atom. The topological polar surface area (TPSA) is 67.4 Å². The largest absolute Gasteiger partial charge is 0.444 e. The number of hydrogen-bond donors (Lipinski definition) is 2. The van der Waals surface area contributed by atoms with Gasteiger partial charge in [0.15, 0.2) is 0 Å². The predicted octanol–water partition coefficient (Wildman–Crippen LogP) is 2.92. The number of rotatable bonds is 5. The average Bonchev–Trinajstić information content (AvgIpc) is 2.42. The van der Waals surface area contributed by atoms with E-state index >= 15 is 0 Å². The number of carbonyl (C=O) groups excluding carboxylic acids is 2. The summed E-state index contributed by atoms with van der Waals surface area (Å²) < 4.78 is 18.0. The molecule has 2 N–H and O–H groups in total. The maximum absolute atomic E-state index is 12.9. The van der Waals surface area contributed by atoms with E-state index in [4.69, 9.17) is 4.74 Å². The van der Waals surface area contributed by atoms with Crippen LogP contribution < -0.4 is 10.6 Å². The van der Waals surface area contributed by atoms with E-state index in [9.17, 15) is 14.0 Å². The molecule has 0 radical (unpaired) electrons. The van der Waals surface area contributed by atoms with Crippen molar-refractivity contribution >= 4 is 12.0 Å². The van der Waals surface area contributed by atoms with Crippen LogP contribution in [0.1, 0.15) is 45.7 Å². The molecule has 0 aliphatic carbocycles. The van der Waals surface area contributed by atoms with Gasteiger partial charge in [-0.1, -0.05) is 19.1 Å². The van der Waals surface area contributed by atoms with Crippen LogP contribution in [0, 0.1) is 5.82 Å². The molecule has 0 aromatic heterocycles. The van der Waals surface area contributed by atoms with Crippen molar-refractivity contribution in [2.75, 3.05) is 6.54 Å². The zero-order chi connectivity index (χ0) is 16.8. The van der Waals surface area contributed by atoms with Crippen molar-refractivity contribution in [1.29, 1.82) is 0 Å². The fourth-order valence-electron chi connectivity index (χ4n) is 1.83. The molecule has 0 heterocycles. The van der Waals surface area contributed by atoms with Gasteiger partial charge in [-0.25, -0.2) is 9.18 Å². The van der Waals surface area contributed by atoms with Crippen LogP contribution in [-0.2, 0) is 9.53 Å². The van der Waals surface area contributed by atoms with Gasteiger partial charge in [-0.2, -0.15) is 0 Å². The number of halogens is 1. The van der Waals surface area contributed by atoms with Gasteiger partial charge in [0.25, 0.3) is 0 Å². The van der Waals surface area contributed by atoms with E-state index in [-0.39, 0.29) is 24.3 Å². The first-order valence-electron chi connectivity index (χ1n) is 7.23. The Labute approximate surface area is 130 Å². The second kappa shape index (κ2) is 7.77. The van der Waals surface area contributed by atoms with Crippen molar-refractivity contribution in [2.45, 2.75) is 45.8 Å². The van der Waals surface area contributed by atoms with E-state index in [0.717, 1.165) is 5.56 Å². The lowest BCUT2D eigenvalue weighted by atomic mass is 10.0. The molecule has 1 rings (SSSR count).